The number of amides is 1. The fourth-order valence-electron chi connectivity index (χ4n) is 3.24. The van der Waals surface area contributed by atoms with E-state index in [0.717, 1.165) is 24.6 Å². The van der Waals surface area contributed by atoms with Gasteiger partial charge in [0.05, 0.1) is 6.10 Å². The molecule has 0 saturated carbocycles. The van der Waals surface area contributed by atoms with E-state index in [-0.39, 0.29) is 37.9 Å². The van der Waals surface area contributed by atoms with Crippen LogP contribution in [0.4, 0.5) is 0 Å². The van der Waals surface area contributed by atoms with Crippen LogP contribution in [-0.4, -0.2) is 73.4 Å². The zero-order valence-electron chi connectivity index (χ0n) is 22.6. The van der Waals surface area contributed by atoms with Gasteiger partial charge >= 0.3 is 17.9 Å². The summed E-state index contributed by atoms with van der Waals surface area (Å²) < 4.78 is 0. The minimum Gasteiger partial charge on any atom is -0.481 e. The van der Waals surface area contributed by atoms with Gasteiger partial charge in [-0.1, -0.05) is 68.4 Å². The van der Waals surface area contributed by atoms with Gasteiger partial charge in [-0.2, -0.15) is 0 Å². The van der Waals surface area contributed by atoms with E-state index in [0.29, 0.717) is 0 Å². The van der Waals surface area contributed by atoms with Crippen LogP contribution in [0.15, 0.2) is 48.6 Å². The lowest BCUT2D eigenvalue weighted by atomic mass is 10.1. The monoisotopic (exact) mass is 568 g/mol. The summed E-state index contributed by atoms with van der Waals surface area (Å²) in [5, 5.41) is 39.6. The Labute approximate surface area is 235 Å². The SMILES string of the molecule is CCCCC/C=C\C\C=C/C=C/C=C/C(SCC(NC(=O)CCC(N)C(=O)O)C(=O)O)C(O)CCCC(=O)O. The fourth-order valence-corrected chi connectivity index (χ4v) is 4.44. The number of carboxylic acids is 3. The number of hydrogen-bond acceptors (Lipinski definition) is 7. The third kappa shape index (κ3) is 20.7. The quantitative estimate of drug-likeness (QED) is 0.0603. The highest BCUT2D eigenvalue weighted by Crippen LogP contribution is 2.21. The second-order valence-electron chi connectivity index (χ2n) is 8.99. The maximum Gasteiger partial charge on any atom is 0.327 e. The van der Waals surface area contributed by atoms with Crippen molar-refractivity contribution in [2.75, 3.05) is 5.75 Å². The average Bonchev–Trinajstić information content (AvgIpc) is 2.88. The van der Waals surface area contributed by atoms with Crippen molar-refractivity contribution in [2.24, 2.45) is 5.73 Å². The molecule has 0 aromatic carbocycles. The molecule has 0 bridgehead atoms. The molecule has 0 aromatic rings. The van der Waals surface area contributed by atoms with Gasteiger partial charge in [-0.3, -0.25) is 14.4 Å². The lowest BCUT2D eigenvalue weighted by Crippen LogP contribution is -2.44. The molecule has 0 radical (unpaired) electrons. The maximum absolute atomic E-state index is 12.1. The van der Waals surface area contributed by atoms with Gasteiger partial charge < -0.3 is 31.5 Å². The molecule has 0 heterocycles. The number of allylic oxidation sites excluding steroid dienone is 7. The first kappa shape index (κ1) is 36.1. The molecule has 7 N–H and O–H groups in total. The number of aliphatic hydroxyl groups is 1. The molecule has 4 unspecified atom stereocenters. The van der Waals surface area contributed by atoms with Crippen molar-refractivity contribution in [2.45, 2.75) is 94.6 Å². The van der Waals surface area contributed by atoms with Gasteiger partial charge in [0.15, 0.2) is 0 Å². The number of aliphatic hydroxyl groups excluding tert-OH is 1. The average molecular weight is 569 g/mol. The number of unbranched alkanes of at least 4 members (excludes halogenated alkanes) is 3. The molecule has 0 aromatic heterocycles. The number of nitrogens with two attached hydrogens (primary N) is 1. The fraction of sp³-hybridized carbons (Fsp3) is 0.571. The van der Waals surface area contributed by atoms with Gasteiger partial charge in [0.2, 0.25) is 5.91 Å². The van der Waals surface area contributed by atoms with Gasteiger partial charge in [0.25, 0.3) is 0 Å². The van der Waals surface area contributed by atoms with Crippen LogP contribution in [0.25, 0.3) is 0 Å². The first-order valence-electron chi connectivity index (χ1n) is 13.2. The molecule has 1 amide bonds. The van der Waals surface area contributed by atoms with E-state index >= 15 is 0 Å². The van der Waals surface area contributed by atoms with Crippen molar-refractivity contribution >= 4 is 35.6 Å². The van der Waals surface area contributed by atoms with E-state index in [1.807, 2.05) is 18.2 Å². The third-order valence-electron chi connectivity index (χ3n) is 5.54. The summed E-state index contributed by atoms with van der Waals surface area (Å²) in [6.07, 6.45) is 19.9. The molecule has 220 valence electrons. The normalized spacial score (nSPS) is 15.2. The van der Waals surface area contributed by atoms with Crippen LogP contribution >= 0.6 is 11.8 Å². The molecule has 0 aliphatic carbocycles. The van der Waals surface area contributed by atoms with E-state index in [1.165, 1.54) is 19.3 Å². The number of rotatable bonds is 23. The molecular weight excluding hydrogens is 524 g/mol. The smallest absolute Gasteiger partial charge is 0.327 e. The van der Waals surface area contributed by atoms with Crippen LogP contribution in [0.3, 0.4) is 0 Å². The molecule has 39 heavy (non-hydrogen) atoms. The first-order chi connectivity index (χ1) is 18.6. The zero-order valence-corrected chi connectivity index (χ0v) is 23.4. The minimum absolute atomic E-state index is 0.0642. The van der Waals surface area contributed by atoms with Crippen LogP contribution in [0.5, 0.6) is 0 Å². The van der Waals surface area contributed by atoms with Crippen LogP contribution < -0.4 is 11.1 Å². The van der Waals surface area contributed by atoms with Gasteiger partial charge in [0, 0.05) is 23.8 Å². The van der Waals surface area contributed by atoms with Gasteiger partial charge in [0.1, 0.15) is 12.1 Å². The molecule has 0 fully saturated rings. The highest BCUT2D eigenvalue weighted by atomic mass is 32.2. The summed E-state index contributed by atoms with van der Waals surface area (Å²) in [5.74, 6) is -4.20. The number of aliphatic carboxylic acids is 3. The van der Waals surface area contributed by atoms with Crippen molar-refractivity contribution in [1.29, 1.82) is 0 Å². The van der Waals surface area contributed by atoms with E-state index in [2.05, 4.69) is 24.4 Å². The highest BCUT2D eigenvalue weighted by molar-refractivity contribution is 8.00. The minimum atomic E-state index is -1.27. The second kappa shape index (κ2) is 23.0. The third-order valence-corrected chi connectivity index (χ3v) is 6.92. The van der Waals surface area contributed by atoms with Gasteiger partial charge in [-0.15, -0.1) is 11.8 Å². The van der Waals surface area contributed by atoms with Crippen molar-refractivity contribution in [1.82, 2.24) is 5.32 Å². The lowest BCUT2D eigenvalue weighted by Gasteiger charge is -2.22. The van der Waals surface area contributed by atoms with Crippen molar-refractivity contribution in [3.63, 3.8) is 0 Å². The van der Waals surface area contributed by atoms with Crippen molar-refractivity contribution in [3.8, 4) is 0 Å². The Morgan fingerprint density at radius 3 is 2.23 bits per heavy atom. The number of carbonyl (C=O) groups excluding carboxylic acids is 1. The largest absolute Gasteiger partial charge is 0.481 e. The van der Waals surface area contributed by atoms with Crippen LogP contribution in [0.1, 0.15) is 71.1 Å². The Balaban J connectivity index is 5.01. The number of nitrogens with one attached hydrogen (secondary N) is 1. The Kier molecular flexibility index (Phi) is 21.3. The summed E-state index contributed by atoms with van der Waals surface area (Å²) in [6, 6.07) is -2.49. The predicted molar refractivity (Wildman–Crippen MR) is 153 cm³/mol. The van der Waals surface area contributed by atoms with Crippen LogP contribution in [-0.2, 0) is 19.2 Å². The Hall–Kier alpha value is -2.89. The van der Waals surface area contributed by atoms with E-state index < -0.39 is 47.3 Å². The first-order valence-corrected chi connectivity index (χ1v) is 14.3. The molecule has 11 heteroatoms. The maximum atomic E-state index is 12.1. The topological polar surface area (TPSA) is 187 Å². The van der Waals surface area contributed by atoms with Crippen LogP contribution in [0.2, 0.25) is 0 Å². The number of carbonyl (C=O) groups is 4. The van der Waals surface area contributed by atoms with Crippen molar-refractivity contribution < 1.29 is 39.6 Å². The molecule has 10 nitrogen and oxygen atoms in total. The molecular formula is C28H44N2O8S. The predicted octanol–water partition coefficient (Wildman–Crippen LogP) is 3.66. The summed E-state index contributed by atoms with van der Waals surface area (Å²) in [4.78, 5) is 45.4. The molecule has 0 aliphatic rings. The van der Waals surface area contributed by atoms with E-state index in [1.54, 1.807) is 18.2 Å². The van der Waals surface area contributed by atoms with Gasteiger partial charge in [-0.05, 0) is 38.5 Å². The Bertz CT molecular complexity index is 857. The molecule has 0 saturated heterocycles. The molecule has 0 spiro atoms. The highest BCUT2D eigenvalue weighted by Gasteiger charge is 2.25. The zero-order chi connectivity index (χ0) is 29.5. The summed E-state index contributed by atoms with van der Waals surface area (Å²) in [7, 11) is 0. The number of carboxylic acid groups (broad SMARTS) is 3. The van der Waals surface area contributed by atoms with Crippen LogP contribution in [0, 0.1) is 0 Å². The number of hydrogen-bond donors (Lipinski definition) is 6. The van der Waals surface area contributed by atoms with Crippen molar-refractivity contribution in [3.05, 3.63) is 48.6 Å². The molecule has 0 rings (SSSR count). The van der Waals surface area contributed by atoms with Gasteiger partial charge in [-0.25, -0.2) is 4.79 Å². The van der Waals surface area contributed by atoms with E-state index in [4.69, 9.17) is 15.9 Å². The lowest BCUT2D eigenvalue weighted by molar-refractivity contribution is -0.141. The summed E-state index contributed by atoms with van der Waals surface area (Å²) >= 11 is 1.12. The summed E-state index contributed by atoms with van der Waals surface area (Å²) in [5.41, 5.74) is 5.38. The van der Waals surface area contributed by atoms with E-state index in [9.17, 15) is 29.4 Å². The molecule has 0 aliphatic heterocycles. The Morgan fingerprint density at radius 2 is 1.59 bits per heavy atom. The summed E-state index contributed by atoms with van der Waals surface area (Å²) in [6.45, 7) is 2.17. The standard InChI is InChI=1S/C28H44N2O8S/c1-2-3-4-5-6-7-8-9-10-11-12-13-16-24(23(31)15-14-17-26(33)34)39-20-22(28(37)38)30-25(32)19-18-21(29)27(35)36/h6-7,9-13,16,21-24,31H,2-5,8,14-15,17-20,29H2,1H3,(H,30,32)(H,33,34)(H,35,36)(H,37,38)/b7-6-,10-9-,12-11+,16-13+. The molecule has 4 atom stereocenters. The Morgan fingerprint density at radius 1 is 0.872 bits per heavy atom. The number of thioether (sulfide) groups is 1. The second-order valence-corrected chi connectivity index (χ2v) is 10.2.